The largest absolute Gasteiger partial charge is 0.505 e. The molecule has 1 atom stereocenters. The number of fused-ring (bicyclic) bond motifs is 3. The number of rotatable bonds is 3. The molecular formula is C21H17NO8. The van der Waals surface area contributed by atoms with Crippen molar-refractivity contribution in [1.29, 1.82) is 0 Å². The molecule has 0 saturated carbocycles. The van der Waals surface area contributed by atoms with Gasteiger partial charge in [0.05, 0.1) is 30.5 Å². The molecule has 1 amide bonds. The summed E-state index contributed by atoms with van der Waals surface area (Å²) in [5.74, 6) is -4.23. The quantitative estimate of drug-likeness (QED) is 0.329. The third kappa shape index (κ3) is 2.45. The first-order chi connectivity index (χ1) is 14.3. The van der Waals surface area contributed by atoms with Gasteiger partial charge in [0.1, 0.15) is 5.75 Å². The van der Waals surface area contributed by atoms with Crippen molar-refractivity contribution in [2.45, 2.75) is 18.9 Å². The fourth-order valence-corrected chi connectivity index (χ4v) is 3.85. The maximum atomic E-state index is 13.1. The van der Waals surface area contributed by atoms with Crippen molar-refractivity contribution >= 4 is 29.1 Å². The number of anilines is 1. The standard InChI is InChI=1S/C21H17NO8/c1-3-30-20(27)21(28)8-11-14(22-19(21)26)17(25)12-13(18(11)29-2)16(24)10-7-5-4-6-9(10)15(12)23/h4-7,25,28H,3,8H2,1-2H3,(H,22,26). The number of benzene rings is 2. The molecule has 0 fully saturated rings. The van der Waals surface area contributed by atoms with Gasteiger partial charge in [-0.2, -0.15) is 0 Å². The van der Waals surface area contributed by atoms with Crippen LogP contribution in [-0.4, -0.2) is 53.0 Å². The Hall–Kier alpha value is -3.72. The summed E-state index contributed by atoms with van der Waals surface area (Å²) >= 11 is 0. The number of nitrogens with one attached hydrogen (secondary N) is 1. The Kier molecular flexibility index (Phi) is 4.35. The smallest absolute Gasteiger partial charge is 0.348 e. The molecule has 1 unspecified atom stereocenters. The van der Waals surface area contributed by atoms with Crippen LogP contribution in [0.4, 0.5) is 5.69 Å². The Morgan fingerprint density at radius 2 is 1.73 bits per heavy atom. The average Bonchev–Trinajstić information content (AvgIpc) is 2.73. The lowest BCUT2D eigenvalue weighted by molar-refractivity contribution is -0.169. The number of hydrogen-bond donors (Lipinski definition) is 3. The Balaban J connectivity index is 1.99. The molecule has 1 aliphatic carbocycles. The molecule has 0 radical (unpaired) electrons. The minimum Gasteiger partial charge on any atom is -0.505 e. The van der Waals surface area contributed by atoms with E-state index in [1.54, 1.807) is 12.1 Å². The maximum absolute atomic E-state index is 13.1. The van der Waals surface area contributed by atoms with E-state index in [0.717, 1.165) is 0 Å². The van der Waals surface area contributed by atoms with Crippen LogP contribution in [0.25, 0.3) is 0 Å². The highest BCUT2D eigenvalue weighted by molar-refractivity contribution is 6.31. The van der Waals surface area contributed by atoms with Crippen LogP contribution in [0, 0.1) is 0 Å². The number of carbonyl (C=O) groups is 4. The second kappa shape index (κ2) is 6.67. The van der Waals surface area contributed by atoms with Crippen molar-refractivity contribution in [2.24, 2.45) is 0 Å². The molecular weight excluding hydrogens is 394 g/mol. The predicted molar refractivity (Wildman–Crippen MR) is 102 cm³/mol. The molecule has 1 aliphatic heterocycles. The summed E-state index contributed by atoms with van der Waals surface area (Å²) in [6.45, 7) is 1.44. The first-order valence-electron chi connectivity index (χ1n) is 9.11. The second-order valence-corrected chi connectivity index (χ2v) is 6.90. The summed E-state index contributed by atoms with van der Waals surface area (Å²) in [4.78, 5) is 50.9. The van der Waals surface area contributed by atoms with E-state index in [4.69, 9.17) is 9.47 Å². The summed E-state index contributed by atoms with van der Waals surface area (Å²) in [5.41, 5.74) is -3.05. The van der Waals surface area contributed by atoms with Crippen LogP contribution in [0.5, 0.6) is 11.5 Å². The zero-order valence-electron chi connectivity index (χ0n) is 16.1. The zero-order valence-corrected chi connectivity index (χ0v) is 16.1. The number of aromatic hydroxyl groups is 1. The number of ketones is 2. The molecule has 0 aromatic heterocycles. The molecule has 1 heterocycles. The van der Waals surface area contributed by atoms with Crippen molar-refractivity contribution in [3.8, 4) is 11.5 Å². The fraction of sp³-hybridized carbons (Fsp3) is 0.238. The maximum Gasteiger partial charge on any atom is 0.348 e. The highest BCUT2D eigenvalue weighted by atomic mass is 16.6. The van der Waals surface area contributed by atoms with Gasteiger partial charge in [-0.15, -0.1) is 0 Å². The lowest BCUT2D eigenvalue weighted by Crippen LogP contribution is -2.55. The van der Waals surface area contributed by atoms with E-state index in [1.807, 2.05) is 0 Å². The molecule has 3 N–H and O–H groups in total. The molecule has 9 heteroatoms. The van der Waals surface area contributed by atoms with Gasteiger partial charge >= 0.3 is 5.97 Å². The highest BCUT2D eigenvalue weighted by Gasteiger charge is 2.52. The molecule has 154 valence electrons. The molecule has 4 rings (SSSR count). The number of phenols is 1. The lowest BCUT2D eigenvalue weighted by Gasteiger charge is -2.33. The van der Waals surface area contributed by atoms with Crippen LogP contribution in [0.3, 0.4) is 0 Å². The van der Waals surface area contributed by atoms with Crippen LogP contribution >= 0.6 is 0 Å². The minimum absolute atomic E-state index is 0.00411. The first kappa shape index (κ1) is 19.6. The van der Waals surface area contributed by atoms with Crippen LogP contribution in [-0.2, 0) is 20.7 Å². The normalized spacial score (nSPS) is 19.4. The summed E-state index contributed by atoms with van der Waals surface area (Å²) in [5, 5.41) is 23.8. The topological polar surface area (TPSA) is 139 Å². The number of methoxy groups -OCH3 is 1. The summed E-state index contributed by atoms with van der Waals surface area (Å²) in [6, 6.07) is 6.12. The van der Waals surface area contributed by atoms with Gasteiger partial charge in [0.15, 0.2) is 17.3 Å². The molecule has 0 bridgehead atoms. The number of amides is 1. The third-order valence-corrected chi connectivity index (χ3v) is 5.26. The van der Waals surface area contributed by atoms with Crippen LogP contribution < -0.4 is 10.1 Å². The first-order valence-corrected chi connectivity index (χ1v) is 9.11. The monoisotopic (exact) mass is 411 g/mol. The van der Waals surface area contributed by atoms with Crippen molar-refractivity contribution in [2.75, 3.05) is 19.0 Å². The highest BCUT2D eigenvalue weighted by Crippen LogP contribution is 2.49. The van der Waals surface area contributed by atoms with Crippen molar-refractivity contribution in [3.05, 3.63) is 52.1 Å². The third-order valence-electron chi connectivity index (χ3n) is 5.26. The number of aliphatic hydroxyl groups is 1. The Morgan fingerprint density at radius 1 is 1.13 bits per heavy atom. The lowest BCUT2D eigenvalue weighted by atomic mass is 9.78. The van der Waals surface area contributed by atoms with Gasteiger partial charge in [0.25, 0.3) is 5.91 Å². The van der Waals surface area contributed by atoms with E-state index in [0.29, 0.717) is 0 Å². The number of carbonyl (C=O) groups excluding carboxylic acids is 4. The molecule has 2 aromatic carbocycles. The van der Waals surface area contributed by atoms with Crippen LogP contribution in [0.2, 0.25) is 0 Å². The predicted octanol–water partition coefficient (Wildman–Crippen LogP) is 0.965. The number of phenolic OH excluding ortho intramolecular Hbond substituents is 1. The fourth-order valence-electron chi connectivity index (χ4n) is 3.85. The molecule has 0 spiro atoms. The van der Waals surface area contributed by atoms with Gasteiger partial charge in [-0.25, -0.2) is 4.79 Å². The SMILES string of the molecule is CCOC(=O)C1(O)Cc2c(c(O)c3c(c2OC)C(=O)c2ccccc2C3=O)NC1=O. The van der Waals surface area contributed by atoms with Gasteiger partial charge in [0.2, 0.25) is 5.60 Å². The van der Waals surface area contributed by atoms with E-state index in [9.17, 15) is 29.4 Å². The van der Waals surface area contributed by atoms with E-state index >= 15 is 0 Å². The van der Waals surface area contributed by atoms with Gasteiger partial charge in [-0.3, -0.25) is 14.4 Å². The van der Waals surface area contributed by atoms with Crippen molar-refractivity contribution in [3.63, 3.8) is 0 Å². The van der Waals surface area contributed by atoms with Gasteiger partial charge in [-0.05, 0) is 6.92 Å². The summed E-state index contributed by atoms with van der Waals surface area (Å²) in [6.07, 6.45) is -0.611. The van der Waals surface area contributed by atoms with E-state index in [2.05, 4.69) is 5.32 Å². The van der Waals surface area contributed by atoms with Crippen LogP contribution in [0.1, 0.15) is 44.3 Å². The number of esters is 1. The van der Waals surface area contributed by atoms with Crippen LogP contribution in [0.15, 0.2) is 24.3 Å². The molecule has 2 aliphatic rings. The second-order valence-electron chi connectivity index (χ2n) is 6.90. The Bertz CT molecular complexity index is 1150. The number of hydrogen-bond acceptors (Lipinski definition) is 8. The van der Waals surface area contributed by atoms with Crippen molar-refractivity contribution in [1.82, 2.24) is 0 Å². The van der Waals surface area contributed by atoms with E-state index in [1.165, 1.54) is 26.2 Å². The van der Waals surface area contributed by atoms with E-state index < -0.39 is 41.2 Å². The van der Waals surface area contributed by atoms with Gasteiger partial charge < -0.3 is 25.0 Å². The summed E-state index contributed by atoms with van der Waals surface area (Å²) < 4.78 is 10.2. The molecule has 2 aromatic rings. The molecule has 30 heavy (non-hydrogen) atoms. The zero-order chi connectivity index (χ0) is 21.8. The Morgan fingerprint density at radius 3 is 2.30 bits per heavy atom. The average molecular weight is 411 g/mol. The Labute approximate surface area is 170 Å². The molecule has 0 saturated heterocycles. The van der Waals surface area contributed by atoms with Gasteiger partial charge in [0, 0.05) is 23.1 Å². The van der Waals surface area contributed by atoms with E-state index in [-0.39, 0.29) is 45.9 Å². The minimum atomic E-state index is -2.59. The number of ether oxygens (including phenoxy) is 2. The van der Waals surface area contributed by atoms with Crippen molar-refractivity contribution < 1.29 is 38.9 Å². The van der Waals surface area contributed by atoms with Gasteiger partial charge in [-0.1, -0.05) is 24.3 Å². The molecule has 9 nitrogen and oxygen atoms in total. The summed E-state index contributed by atoms with van der Waals surface area (Å²) in [7, 11) is 1.24.